The van der Waals surface area contributed by atoms with Gasteiger partial charge in [-0.25, -0.2) is 9.59 Å². The second-order valence-electron chi connectivity index (χ2n) is 4.73. The molecular formula is C17H17NO6. The predicted molar refractivity (Wildman–Crippen MR) is 84.8 cm³/mol. The fourth-order valence-corrected chi connectivity index (χ4v) is 2.24. The molecule has 2 aromatic rings. The smallest absolute Gasteiger partial charge is 0.379 e. The van der Waals surface area contributed by atoms with Gasteiger partial charge < -0.3 is 19.6 Å². The molecule has 126 valence electrons. The number of ketones is 1. The van der Waals surface area contributed by atoms with E-state index in [0.717, 1.165) is 0 Å². The van der Waals surface area contributed by atoms with E-state index in [1.165, 1.54) is 0 Å². The van der Waals surface area contributed by atoms with Crippen LogP contribution in [0.15, 0.2) is 30.3 Å². The standard InChI is InChI=1S/C17H17NO6/c1-3-23-16(21)11-12(14(19)17(22)24-4-2)15(20)18-13(11)10-8-6-5-7-9-10/h5-9,18,20H,3-4H2,1-2H3. The van der Waals surface area contributed by atoms with E-state index in [9.17, 15) is 19.5 Å². The summed E-state index contributed by atoms with van der Waals surface area (Å²) in [6, 6.07) is 8.62. The number of hydrogen-bond acceptors (Lipinski definition) is 6. The van der Waals surface area contributed by atoms with Crippen LogP contribution in [-0.4, -0.2) is 41.0 Å². The van der Waals surface area contributed by atoms with Crippen molar-refractivity contribution in [3.05, 3.63) is 41.5 Å². The fourth-order valence-electron chi connectivity index (χ4n) is 2.24. The van der Waals surface area contributed by atoms with Crippen LogP contribution in [0.3, 0.4) is 0 Å². The number of aromatic amines is 1. The number of nitrogens with one attached hydrogen (secondary N) is 1. The molecule has 0 fully saturated rings. The van der Waals surface area contributed by atoms with Gasteiger partial charge in [0.05, 0.1) is 18.9 Å². The zero-order valence-corrected chi connectivity index (χ0v) is 13.3. The third-order valence-corrected chi connectivity index (χ3v) is 3.21. The number of H-pyrrole nitrogens is 1. The fraction of sp³-hybridized carbons (Fsp3) is 0.235. The molecule has 0 aliphatic heterocycles. The highest BCUT2D eigenvalue weighted by Crippen LogP contribution is 2.33. The topological polar surface area (TPSA) is 106 Å². The lowest BCUT2D eigenvalue weighted by molar-refractivity contribution is -0.137. The van der Waals surface area contributed by atoms with Crippen molar-refractivity contribution in [2.24, 2.45) is 0 Å². The first-order valence-corrected chi connectivity index (χ1v) is 7.40. The number of aromatic nitrogens is 1. The Morgan fingerprint density at radius 3 is 2.21 bits per heavy atom. The highest BCUT2D eigenvalue weighted by atomic mass is 16.5. The average Bonchev–Trinajstić information content (AvgIpc) is 2.92. The highest BCUT2D eigenvalue weighted by Gasteiger charge is 2.33. The lowest BCUT2D eigenvalue weighted by Crippen LogP contribution is -2.20. The molecule has 0 amide bonds. The van der Waals surface area contributed by atoms with E-state index < -0.39 is 29.2 Å². The van der Waals surface area contributed by atoms with Crippen LogP contribution < -0.4 is 0 Å². The summed E-state index contributed by atoms with van der Waals surface area (Å²) in [5, 5.41) is 10.1. The Morgan fingerprint density at radius 1 is 1.00 bits per heavy atom. The molecule has 2 N–H and O–H groups in total. The van der Waals surface area contributed by atoms with Crippen molar-refractivity contribution >= 4 is 17.7 Å². The predicted octanol–water partition coefficient (Wildman–Crippen LogP) is 2.31. The first-order chi connectivity index (χ1) is 11.5. The molecule has 0 bridgehead atoms. The van der Waals surface area contributed by atoms with Gasteiger partial charge in [0.2, 0.25) is 5.88 Å². The monoisotopic (exact) mass is 331 g/mol. The Kier molecular flexibility index (Phi) is 5.36. The van der Waals surface area contributed by atoms with Gasteiger partial charge in [0.1, 0.15) is 11.1 Å². The third-order valence-electron chi connectivity index (χ3n) is 3.21. The van der Waals surface area contributed by atoms with Crippen LogP contribution in [0.5, 0.6) is 5.88 Å². The van der Waals surface area contributed by atoms with Crippen LogP contribution in [0.25, 0.3) is 11.3 Å². The van der Waals surface area contributed by atoms with Crippen LogP contribution >= 0.6 is 0 Å². The van der Waals surface area contributed by atoms with Crippen molar-refractivity contribution in [3.63, 3.8) is 0 Å². The molecule has 0 saturated carbocycles. The van der Waals surface area contributed by atoms with Gasteiger partial charge in [0, 0.05) is 0 Å². The molecule has 0 aliphatic rings. The van der Waals surface area contributed by atoms with Gasteiger partial charge in [-0.05, 0) is 19.4 Å². The van der Waals surface area contributed by atoms with Crippen LogP contribution in [0.2, 0.25) is 0 Å². The van der Waals surface area contributed by atoms with E-state index in [0.29, 0.717) is 5.56 Å². The normalized spacial score (nSPS) is 10.2. The molecule has 7 heteroatoms. The number of ether oxygens (including phenoxy) is 2. The maximum absolute atomic E-state index is 12.3. The van der Waals surface area contributed by atoms with Gasteiger partial charge in [0.25, 0.3) is 5.78 Å². The third kappa shape index (κ3) is 3.29. The van der Waals surface area contributed by atoms with Gasteiger partial charge in [0.15, 0.2) is 0 Å². The summed E-state index contributed by atoms with van der Waals surface area (Å²) in [7, 11) is 0. The Labute approximate surface area is 138 Å². The van der Waals surface area contributed by atoms with Crippen molar-refractivity contribution in [1.82, 2.24) is 4.98 Å². The minimum atomic E-state index is -1.16. The lowest BCUT2D eigenvalue weighted by atomic mass is 10.0. The molecule has 24 heavy (non-hydrogen) atoms. The molecule has 1 aromatic heterocycles. The zero-order chi connectivity index (χ0) is 17.7. The summed E-state index contributed by atoms with van der Waals surface area (Å²) in [5.74, 6) is -3.68. The number of hydrogen-bond donors (Lipinski definition) is 2. The maximum atomic E-state index is 12.3. The van der Waals surface area contributed by atoms with Crippen molar-refractivity contribution < 1.29 is 29.0 Å². The van der Waals surface area contributed by atoms with Crippen molar-refractivity contribution in [2.45, 2.75) is 13.8 Å². The molecule has 0 spiro atoms. The van der Waals surface area contributed by atoms with Gasteiger partial charge in [-0.2, -0.15) is 0 Å². The molecule has 0 unspecified atom stereocenters. The molecule has 7 nitrogen and oxygen atoms in total. The first kappa shape index (κ1) is 17.3. The Balaban J connectivity index is 2.62. The molecule has 0 aliphatic carbocycles. The van der Waals surface area contributed by atoms with Gasteiger partial charge in [-0.3, -0.25) is 4.79 Å². The van der Waals surface area contributed by atoms with E-state index in [1.807, 2.05) is 0 Å². The quantitative estimate of drug-likeness (QED) is 0.478. The van der Waals surface area contributed by atoms with Crippen LogP contribution in [0, 0.1) is 0 Å². The van der Waals surface area contributed by atoms with Crippen LogP contribution in [0.1, 0.15) is 34.6 Å². The summed E-state index contributed by atoms with van der Waals surface area (Å²) in [5.41, 5.74) is 0.0994. The second kappa shape index (κ2) is 7.45. The largest absolute Gasteiger partial charge is 0.494 e. The van der Waals surface area contributed by atoms with E-state index >= 15 is 0 Å². The molecule has 0 atom stereocenters. The van der Waals surface area contributed by atoms with E-state index in [4.69, 9.17) is 4.74 Å². The van der Waals surface area contributed by atoms with Crippen LogP contribution in [0.4, 0.5) is 0 Å². The Morgan fingerprint density at radius 2 is 1.62 bits per heavy atom. The van der Waals surface area contributed by atoms with E-state index in [-0.39, 0.29) is 24.5 Å². The van der Waals surface area contributed by atoms with Crippen molar-refractivity contribution in [1.29, 1.82) is 0 Å². The van der Waals surface area contributed by atoms with Crippen molar-refractivity contribution in [3.8, 4) is 17.1 Å². The number of aromatic hydroxyl groups is 1. The number of carbonyl (C=O) groups is 3. The lowest BCUT2D eigenvalue weighted by Gasteiger charge is -2.06. The molecule has 0 saturated heterocycles. The summed E-state index contributed by atoms with van der Waals surface area (Å²) in [4.78, 5) is 38.9. The van der Waals surface area contributed by atoms with Crippen molar-refractivity contribution in [2.75, 3.05) is 13.2 Å². The summed E-state index contributed by atoms with van der Waals surface area (Å²) in [6.45, 7) is 3.23. The molecule has 1 heterocycles. The number of carbonyl (C=O) groups excluding carboxylic acids is 3. The van der Waals surface area contributed by atoms with E-state index in [2.05, 4.69) is 9.72 Å². The minimum absolute atomic E-state index is 0.00393. The number of benzene rings is 1. The Hall–Kier alpha value is -3.09. The first-order valence-electron chi connectivity index (χ1n) is 7.40. The van der Waals surface area contributed by atoms with Gasteiger partial charge in [-0.1, -0.05) is 30.3 Å². The number of Topliss-reactive ketones (excluding diaryl/α,β-unsaturated/α-hetero) is 1. The zero-order valence-electron chi connectivity index (χ0n) is 13.3. The summed E-state index contributed by atoms with van der Waals surface area (Å²) in [6.07, 6.45) is 0. The molecule has 0 radical (unpaired) electrons. The van der Waals surface area contributed by atoms with Gasteiger partial charge >= 0.3 is 11.9 Å². The highest BCUT2D eigenvalue weighted by molar-refractivity contribution is 6.43. The molecular weight excluding hydrogens is 314 g/mol. The Bertz CT molecular complexity index is 763. The molecule has 2 rings (SSSR count). The minimum Gasteiger partial charge on any atom is -0.494 e. The number of rotatable bonds is 6. The maximum Gasteiger partial charge on any atom is 0.379 e. The summed E-state index contributed by atoms with van der Waals surface area (Å²) < 4.78 is 9.62. The summed E-state index contributed by atoms with van der Waals surface area (Å²) >= 11 is 0. The molecule has 1 aromatic carbocycles. The number of esters is 2. The van der Waals surface area contributed by atoms with Crippen LogP contribution in [-0.2, 0) is 14.3 Å². The second-order valence-corrected chi connectivity index (χ2v) is 4.73. The average molecular weight is 331 g/mol. The van der Waals surface area contributed by atoms with Gasteiger partial charge in [-0.15, -0.1) is 0 Å². The van der Waals surface area contributed by atoms with E-state index in [1.54, 1.807) is 44.2 Å². The SMILES string of the molecule is CCOC(=O)C(=O)c1c(O)[nH]c(-c2ccccc2)c1C(=O)OCC.